The molecule has 0 saturated carbocycles. The fraction of sp³-hybridized carbons (Fsp3) is 0.167. The van der Waals surface area contributed by atoms with Crippen molar-refractivity contribution in [1.29, 1.82) is 0 Å². The van der Waals surface area contributed by atoms with E-state index in [1.54, 1.807) is 28.9 Å². The minimum Gasteiger partial charge on any atom is -0.325 e. The Morgan fingerprint density at radius 3 is 2.42 bits per heavy atom. The molecular formula is C18H17N5O2S. The van der Waals surface area contributed by atoms with Crippen LogP contribution in [0.5, 0.6) is 0 Å². The van der Waals surface area contributed by atoms with E-state index < -0.39 is 0 Å². The molecular weight excluding hydrogens is 350 g/mol. The van der Waals surface area contributed by atoms with Crippen molar-refractivity contribution >= 4 is 29.1 Å². The normalized spacial score (nSPS) is 10.5. The van der Waals surface area contributed by atoms with E-state index in [1.165, 1.54) is 18.7 Å². The van der Waals surface area contributed by atoms with Gasteiger partial charge in [-0.1, -0.05) is 29.5 Å². The minimum atomic E-state index is -0.177. The van der Waals surface area contributed by atoms with Gasteiger partial charge in [-0.3, -0.25) is 9.59 Å². The van der Waals surface area contributed by atoms with E-state index in [2.05, 4.69) is 20.8 Å². The Kier molecular flexibility index (Phi) is 5.43. The van der Waals surface area contributed by atoms with Crippen LogP contribution in [0, 0.1) is 6.92 Å². The zero-order valence-electron chi connectivity index (χ0n) is 14.3. The number of nitrogens with zero attached hydrogens (tertiary/aromatic N) is 4. The highest BCUT2D eigenvalue weighted by Gasteiger charge is 2.12. The third kappa shape index (κ3) is 4.34. The van der Waals surface area contributed by atoms with Gasteiger partial charge in [-0.25, -0.2) is 0 Å². The highest BCUT2D eigenvalue weighted by Crippen LogP contribution is 2.19. The van der Waals surface area contributed by atoms with E-state index >= 15 is 0 Å². The van der Waals surface area contributed by atoms with Crippen LogP contribution in [-0.2, 0) is 4.79 Å². The molecule has 0 aliphatic heterocycles. The van der Waals surface area contributed by atoms with Gasteiger partial charge in [0.1, 0.15) is 0 Å². The molecule has 7 nitrogen and oxygen atoms in total. The van der Waals surface area contributed by atoms with Crippen molar-refractivity contribution < 1.29 is 9.59 Å². The summed E-state index contributed by atoms with van der Waals surface area (Å²) in [5, 5.41) is 15.0. The summed E-state index contributed by atoms with van der Waals surface area (Å²) in [6.45, 7) is 3.51. The molecule has 2 aromatic carbocycles. The van der Waals surface area contributed by atoms with Gasteiger partial charge in [0.05, 0.1) is 11.4 Å². The van der Waals surface area contributed by atoms with E-state index in [-0.39, 0.29) is 17.4 Å². The average Bonchev–Trinajstić information content (AvgIpc) is 3.09. The first-order valence-electron chi connectivity index (χ1n) is 7.92. The number of rotatable bonds is 6. The molecule has 0 fully saturated rings. The van der Waals surface area contributed by atoms with Crippen molar-refractivity contribution in [3.05, 3.63) is 59.7 Å². The van der Waals surface area contributed by atoms with Gasteiger partial charge in [0.25, 0.3) is 0 Å². The number of nitrogens with one attached hydrogen (secondary N) is 1. The average molecular weight is 367 g/mol. The van der Waals surface area contributed by atoms with Gasteiger partial charge in [0.15, 0.2) is 5.78 Å². The molecule has 1 amide bonds. The van der Waals surface area contributed by atoms with Gasteiger partial charge in [-0.05, 0) is 60.7 Å². The number of carbonyl (C=O) groups is 2. The molecule has 3 rings (SSSR count). The zero-order valence-corrected chi connectivity index (χ0v) is 15.2. The van der Waals surface area contributed by atoms with Crippen molar-refractivity contribution in [2.75, 3.05) is 11.1 Å². The second kappa shape index (κ2) is 7.92. The fourth-order valence-electron chi connectivity index (χ4n) is 2.23. The number of aryl methyl sites for hydroxylation is 1. The number of thioether (sulfide) groups is 1. The monoisotopic (exact) mass is 367 g/mol. The molecule has 0 bridgehead atoms. The molecule has 26 heavy (non-hydrogen) atoms. The Morgan fingerprint density at radius 2 is 1.77 bits per heavy atom. The summed E-state index contributed by atoms with van der Waals surface area (Å²) in [4.78, 5) is 23.4. The van der Waals surface area contributed by atoms with E-state index in [0.29, 0.717) is 16.4 Å². The Morgan fingerprint density at radius 1 is 1.08 bits per heavy atom. The summed E-state index contributed by atoms with van der Waals surface area (Å²) in [6, 6.07) is 14.6. The quantitative estimate of drug-likeness (QED) is 0.532. The van der Waals surface area contributed by atoms with Crippen molar-refractivity contribution in [2.45, 2.75) is 19.0 Å². The van der Waals surface area contributed by atoms with Crippen molar-refractivity contribution in [1.82, 2.24) is 20.2 Å². The van der Waals surface area contributed by atoms with Crippen molar-refractivity contribution in [3.63, 3.8) is 0 Å². The molecule has 3 aromatic rings. The first-order chi connectivity index (χ1) is 12.5. The summed E-state index contributed by atoms with van der Waals surface area (Å²) < 4.78 is 1.60. The maximum Gasteiger partial charge on any atom is 0.234 e. The predicted molar refractivity (Wildman–Crippen MR) is 99.7 cm³/mol. The van der Waals surface area contributed by atoms with Crippen LogP contribution < -0.4 is 5.32 Å². The molecule has 0 spiro atoms. The molecule has 1 aromatic heterocycles. The molecule has 0 aliphatic rings. The number of ketones is 1. The lowest BCUT2D eigenvalue weighted by molar-refractivity contribution is -0.113. The van der Waals surface area contributed by atoms with Gasteiger partial charge in [-0.2, -0.15) is 4.68 Å². The highest BCUT2D eigenvalue weighted by atomic mass is 32.2. The van der Waals surface area contributed by atoms with Crippen LogP contribution in [-0.4, -0.2) is 37.7 Å². The summed E-state index contributed by atoms with van der Waals surface area (Å²) in [5.41, 5.74) is 3.22. The number of Topliss-reactive ketones (excluding diaryl/α,β-unsaturated/α-hetero) is 1. The van der Waals surface area contributed by atoms with Crippen LogP contribution in [0.25, 0.3) is 5.69 Å². The lowest BCUT2D eigenvalue weighted by Gasteiger charge is -2.06. The number of benzene rings is 2. The SMILES string of the molecule is CC(=O)c1ccc(NC(=O)CSc2nnnn2-c2ccc(C)cc2)cc1. The summed E-state index contributed by atoms with van der Waals surface area (Å²) >= 11 is 1.25. The number of hydrogen-bond donors (Lipinski definition) is 1. The number of tetrazole rings is 1. The third-order valence-corrected chi connectivity index (χ3v) is 4.55. The summed E-state index contributed by atoms with van der Waals surface area (Å²) in [7, 11) is 0. The Balaban J connectivity index is 1.61. The molecule has 0 aliphatic carbocycles. The zero-order chi connectivity index (χ0) is 18.5. The second-order valence-corrected chi connectivity index (χ2v) is 6.62. The molecule has 132 valence electrons. The van der Waals surface area contributed by atoms with Crippen LogP contribution in [0.2, 0.25) is 0 Å². The number of aromatic nitrogens is 4. The topological polar surface area (TPSA) is 89.8 Å². The van der Waals surface area contributed by atoms with Crippen molar-refractivity contribution in [3.8, 4) is 5.69 Å². The van der Waals surface area contributed by atoms with Crippen LogP contribution >= 0.6 is 11.8 Å². The van der Waals surface area contributed by atoms with Gasteiger partial charge < -0.3 is 5.32 Å². The van der Waals surface area contributed by atoms with E-state index in [1.807, 2.05) is 31.2 Å². The van der Waals surface area contributed by atoms with E-state index in [4.69, 9.17) is 0 Å². The summed E-state index contributed by atoms with van der Waals surface area (Å²) in [6.07, 6.45) is 0. The lowest BCUT2D eigenvalue weighted by atomic mass is 10.1. The van der Waals surface area contributed by atoms with Crippen LogP contribution in [0.1, 0.15) is 22.8 Å². The first kappa shape index (κ1) is 17.8. The molecule has 0 unspecified atom stereocenters. The maximum atomic E-state index is 12.1. The summed E-state index contributed by atoms with van der Waals surface area (Å²) in [5.74, 6) is -0.0221. The largest absolute Gasteiger partial charge is 0.325 e. The van der Waals surface area contributed by atoms with Gasteiger partial charge >= 0.3 is 0 Å². The Bertz CT molecular complexity index is 920. The fourth-order valence-corrected chi connectivity index (χ4v) is 2.92. The maximum absolute atomic E-state index is 12.1. The Labute approximate surface area is 154 Å². The van der Waals surface area contributed by atoms with Crippen LogP contribution in [0.4, 0.5) is 5.69 Å². The standard InChI is InChI=1S/C18H17N5O2S/c1-12-3-9-16(10-4-12)23-18(20-21-22-23)26-11-17(25)19-15-7-5-14(6-8-15)13(2)24/h3-10H,11H2,1-2H3,(H,19,25). The van der Waals surface area contributed by atoms with E-state index in [9.17, 15) is 9.59 Å². The first-order valence-corrected chi connectivity index (χ1v) is 8.90. The number of carbonyl (C=O) groups excluding carboxylic acids is 2. The number of amides is 1. The molecule has 1 heterocycles. The highest BCUT2D eigenvalue weighted by molar-refractivity contribution is 7.99. The minimum absolute atomic E-state index is 0.0126. The lowest BCUT2D eigenvalue weighted by Crippen LogP contribution is -2.14. The smallest absolute Gasteiger partial charge is 0.234 e. The van der Waals surface area contributed by atoms with Crippen LogP contribution in [0.15, 0.2) is 53.7 Å². The van der Waals surface area contributed by atoms with Gasteiger partial charge in [0.2, 0.25) is 11.1 Å². The Hall–Kier alpha value is -3.00. The van der Waals surface area contributed by atoms with E-state index in [0.717, 1.165) is 11.3 Å². The molecule has 0 radical (unpaired) electrons. The van der Waals surface area contributed by atoms with Crippen molar-refractivity contribution in [2.24, 2.45) is 0 Å². The molecule has 0 atom stereocenters. The molecule has 1 N–H and O–H groups in total. The predicted octanol–water partition coefficient (Wildman–Crippen LogP) is 2.90. The number of anilines is 1. The second-order valence-electron chi connectivity index (χ2n) is 5.68. The third-order valence-electron chi connectivity index (χ3n) is 3.63. The van der Waals surface area contributed by atoms with Gasteiger partial charge in [-0.15, -0.1) is 5.10 Å². The number of hydrogen-bond acceptors (Lipinski definition) is 6. The molecule has 0 saturated heterocycles. The van der Waals surface area contributed by atoms with Crippen LogP contribution in [0.3, 0.4) is 0 Å². The van der Waals surface area contributed by atoms with Gasteiger partial charge in [0, 0.05) is 11.3 Å². The molecule has 8 heteroatoms.